The summed E-state index contributed by atoms with van der Waals surface area (Å²) in [5.41, 5.74) is 1.22. The first kappa shape index (κ1) is 13.6. The van der Waals surface area contributed by atoms with Crippen LogP contribution in [0.25, 0.3) is 0 Å². The minimum atomic E-state index is -0.119. The number of fused-ring (bicyclic) bond motifs is 2. The van der Waals surface area contributed by atoms with E-state index in [0.717, 1.165) is 24.3 Å². The molecule has 0 aromatic rings. The zero-order valence-electron chi connectivity index (χ0n) is 12.4. The largest absolute Gasteiger partial charge is 0.458 e. The number of hydrogen-bond donors (Lipinski definition) is 0. The third-order valence-corrected chi connectivity index (χ3v) is 5.80. The predicted octanol–water partition coefficient (Wildman–Crippen LogP) is 4.10. The number of ether oxygens (including phenoxy) is 1. The van der Waals surface area contributed by atoms with Crippen molar-refractivity contribution in [2.45, 2.75) is 66.4 Å². The van der Waals surface area contributed by atoms with Crippen LogP contribution in [-0.2, 0) is 9.53 Å². The van der Waals surface area contributed by atoms with E-state index < -0.39 is 0 Å². The van der Waals surface area contributed by atoms with Gasteiger partial charge in [0.1, 0.15) is 6.10 Å². The summed E-state index contributed by atoms with van der Waals surface area (Å²) in [6, 6.07) is 0. The maximum Gasteiger partial charge on any atom is 0.333 e. The Bertz CT molecular complexity index is 381. The third kappa shape index (κ3) is 1.81. The minimum Gasteiger partial charge on any atom is -0.458 e. The molecule has 2 rings (SSSR count). The van der Waals surface area contributed by atoms with E-state index in [0.29, 0.717) is 5.41 Å². The normalized spacial score (nSPS) is 37.9. The molecule has 2 fully saturated rings. The Balaban J connectivity index is 2.10. The van der Waals surface area contributed by atoms with Gasteiger partial charge in [0.05, 0.1) is 0 Å². The molecule has 0 saturated heterocycles. The molecule has 2 saturated carbocycles. The molecule has 0 radical (unpaired) electrons. The van der Waals surface area contributed by atoms with E-state index in [1.165, 1.54) is 12.8 Å². The highest BCUT2D eigenvalue weighted by Gasteiger charge is 2.62. The van der Waals surface area contributed by atoms with Gasteiger partial charge in [-0.2, -0.15) is 0 Å². The molecule has 3 atom stereocenters. The van der Waals surface area contributed by atoms with Crippen LogP contribution in [0.1, 0.15) is 60.3 Å². The van der Waals surface area contributed by atoms with Crippen molar-refractivity contribution in [2.24, 2.45) is 16.7 Å². The number of hydrogen-bond acceptors (Lipinski definition) is 2. The lowest BCUT2D eigenvalue weighted by molar-refractivity contribution is -0.152. The van der Waals surface area contributed by atoms with Crippen LogP contribution in [0.15, 0.2) is 11.6 Å². The molecule has 2 aliphatic rings. The maximum absolute atomic E-state index is 12.0. The maximum atomic E-state index is 12.0. The Morgan fingerprint density at radius 3 is 2.50 bits per heavy atom. The van der Waals surface area contributed by atoms with Crippen LogP contribution in [0.4, 0.5) is 0 Å². The first-order chi connectivity index (χ1) is 8.33. The standard InChI is InChI=1S/C16H26O2/c1-6-7-11(2)14(17)18-13-10-12-8-9-16(13,5)15(12,3)4/h7,12-13H,6,8-10H2,1-5H3/t12-,13?,16-/m1/s1. The van der Waals surface area contributed by atoms with Crippen LogP contribution >= 0.6 is 0 Å². The highest BCUT2D eigenvalue weighted by molar-refractivity contribution is 5.87. The third-order valence-electron chi connectivity index (χ3n) is 5.80. The number of allylic oxidation sites excluding steroid dienone is 1. The van der Waals surface area contributed by atoms with Gasteiger partial charge in [-0.05, 0) is 43.9 Å². The van der Waals surface area contributed by atoms with Crippen LogP contribution in [-0.4, -0.2) is 12.1 Å². The van der Waals surface area contributed by atoms with Crippen LogP contribution in [0, 0.1) is 16.7 Å². The lowest BCUT2D eigenvalue weighted by atomic mass is 9.70. The van der Waals surface area contributed by atoms with Crippen molar-refractivity contribution in [1.29, 1.82) is 0 Å². The molecule has 2 nitrogen and oxygen atoms in total. The van der Waals surface area contributed by atoms with Crippen molar-refractivity contribution in [3.05, 3.63) is 11.6 Å². The van der Waals surface area contributed by atoms with E-state index in [2.05, 4.69) is 20.8 Å². The Kier molecular flexibility index (Phi) is 3.33. The van der Waals surface area contributed by atoms with Gasteiger partial charge in [0.15, 0.2) is 0 Å². The highest BCUT2D eigenvalue weighted by Crippen LogP contribution is 2.66. The predicted molar refractivity (Wildman–Crippen MR) is 73.2 cm³/mol. The fourth-order valence-corrected chi connectivity index (χ4v) is 3.92. The molecule has 1 unspecified atom stereocenters. The van der Waals surface area contributed by atoms with Crippen LogP contribution in [0.2, 0.25) is 0 Å². The van der Waals surface area contributed by atoms with Crippen molar-refractivity contribution in [1.82, 2.24) is 0 Å². The van der Waals surface area contributed by atoms with E-state index >= 15 is 0 Å². The molecular formula is C16H26O2. The second kappa shape index (κ2) is 4.40. The van der Waals surface area contributed by atoms with Crippen LogP contribution in [0.3, 0.4) is 0 Å². The zero-order valence-corrected chi connectivity index (χ0v) is 12.4. The summed E-state index contributed by atoms with van der Waals surface area (Å²) in [6.45, 7) is 10.9. The fraction of sp³-hybridized carbons (Fsp3) is 0.812. The SMILES string of the molecule is CCC=C(C)C(=O)OC1C[C@H]2CC[C@@]1(C)C2(C)C. The molecule has 0 amide bonds. The molecule has 102 valence electrons. The molecule has 0 heterocycles. The highest BCUT2D eigenvalue weighted by atomic mass is 16.5. The van der Waals surface area contributed by atoms with Gasteiger partial charge in [0, 0.05) is 11.0 Å². The van der Waals surface area contributed by atoms with E-state index in [1.54, 1.807) is 0 Å². The molecule has 0 aliphatic heterocycles. The van der Waals surface area contributed by atoms with Crippen molar-refractivity contribution >= 4 is 5.97 Å². The fourth-order valence-electron chi connectivity index (χ4n) is 3.92. The summed E-state index contributed by atoms with van der Waals surface area (Å²) in [7, 11) is 0. The van der Waals surface area contributed by atoms with Gasteiger partial charge in [-0.3, -0.25) is 0 Å². The van der Waals surface area contributed by atoms with Gasteiger partial charge in [0.2, 0.25) is 0 Å². The summed E-state index contributed by atoms with van der Waals surface area (Å²) in [4.78, 5) is 12.0. The first-order valence-electron chi connectivity index (χ1n) is 7.20. The number of rotatable bonds is 3. The number of carbonyl (C=O) groups excluding carboxylic acids is 1. The molecule has 2 heteroatoms. The average molecular weight is 250 g/mol. The van der Waals surface area contributed by atoms with E-state index in [1.807, 2.05) is 19.9 Å². The molecular weight excluding hydrogens is 224 g/mol. The molecule has 0 N–H and O–H groups in total. The number of esters is 1. The summed E-state index contributed by atoms with van der Waals surface area (Å²) in [6.07, 6.45) is 6.48. The lowest BCUT2D eigenvalue weighted by Crippen LogP contribution is -2.38. The van der Waals surface area contributed by atoms with Crippen LogP contribution < -0.4 is 0 Å². The van der Waals surface area contributed by atoms with E-state index in [9.17, 15) is 4.79 Å². The van der Waals surface area contributed by atoms with Gasteiger partial charge >= 0.3 is 5.97 Å². The molecule has 0 spiro atoms. The van der Waals surface area contributed by atoms with Gasteiger partial charge in [-0.1, -0.05) is 33.8 Å². The van der Waals surface area contributed by atoms with Crippen molar-refractivity contribution in [3.63, 3.8) is 0 Å². The van der Waals surface area contributed by atoms with Gasteiger partial charge < -0.3 is 4.74 Å². The second-order valence-electron chi connectivity index (χ2n) is 6.80. The first-order valence-corrected chi connectivity index (χ1v) is 7.20. The van der Waals surface area contributed by atoms with E-state index in [4.69, 9.17) is 4.74 Å². The second-order valence-corrected chi connectivity index (χ2v) is 6.80. The van der Waals surface area contributed by atoms with E-state index in [-0.39, 0.29) is 17.5 Å². The quantitative estimate of drug-likeness (QED) is 0.557. The minimum absolute atomic E-state index is 0.110. The van der Waals surface area contributed by atoms with Gasteiger partial charge in [0.25, 0.3) is 0 Å². The summed E-state index contributed by atoms with van der Waals surface area (Å²) in [5.74, 6) is 0.599. The van der Waals surface area contributed by atoms with Crippen molar-refractivity contribution in [2.75, 3.05) is 0 Å². The smallest absolute Gasteiger partial charge is 0.333 e. The Morgan fingerprint density at radius 1 is 1.39 bits per heavy atom. The monoisotopic (exact) mass is 250 g/mol. The molecule has 18 heavy (non-hydrogen) atoms. The van der Waals surface area contributed by atoms with Gasteiger partial charge in [-0.25, -0.2) is 4.79 Å². The average Bonchev–Trinajstić information content (AvgIpc) is 2.62. The Labute approximate surface area is 111 Å². The zero-order chi connectivity index (χ0) is 13.6. The molecule has 0 aromatic carbocycles. The summed E-state index contributed by atoms with van der Waals surface area (Å²) >= 11 is 0. The topological polar surface area (TPSA) is 26.3 Å². The van der Waals surface area contributed by atoms with Crippen molar-refractivity contribution < 1.29 is 9.53 Å². The molecule has 2 aliphatic carbocycles. The number of carbonyl (C=O) groups is 1. The summed E-state index contributed by atoms with van der Waals surface area (Å²) < 4.78 is 5.79. The van der Waals surface area contributed by atoms with Crippen LogP contribution in [0.5, 0.6) is 0 Å². The molecule has 2 bridgehead atoms. The summed E-state index contributed by atoms with van der Waals surface area (Å²) in [5, 5.41) is 0. The van der Waals surface area contributed by atoms with Gasteiger partial charge in [-0.15, -0.1) is 0 Å². The van der Waals surface area contributed by atoms with Crippen molar-refractivity contribution in [3.8, 4) is 0 Å². The Hall–Kier alpha value is -0.790. The Morgan fingerprint density at radius 2 is 2.06 bits per heavy atom. The lowest BCUT2D eigenvalue weighted by Gasteiger charge is -2.38. The molecule has 0 aromatic heterocycles.